The van der Waals surface area contributed by atoms with Crippen molar-refractivity contribution in [2.24, 2.45) is 5.41 Å². The summed E-state index contributed by atoms with van der Waals surface area (Å²) in [6.07, 6.45) is 3.25. The van der Waals surface area contributed by atoms with E-state index in [1.54, 1.807) is 6.07 Å². The van der Waals surface area contributed by atoms with Crippen LogP contribution in [0.15, 0.2) is 18.2 Å². The normalized spacial score (nSPS) is 26.5. The van der Waals surface area contributed by atoms with Gasteiger partial charge in [-0.05, 0) is 31.4 Å². The van der Waals surface area contributed by atoms with Crippen LogP contribution in [0, 0.1) is 5.41 Å². The second kappa shape index (κ2) is 5.35. The number of carbonyl (C=O) groups is 1. The Morgan fingerprint density at radius 2 is 2.14 bits per heavy atom. The molecule has 1 aromatic carbocycles. The van der Waals surface area contributed by atoms with Gasteiger partial charge in [0.15, 0.2) is 11.5 Å². The summed E-state index contributed by atoms with van der Waals surface area (Å²) in [5, 5.41) is 2.96. The lowest BCUT2D eigenvalue weighted by Crippen LogP contribution is -2.48. The van der Waals surface area contributed by atoms with Crippen LogP contribution in [-0.4, -0.2) is 44.0 Å². The fourth-order valence-electron chi connectivity index (χ4n) is 3.53. The molecule has 3 aliphatic heterocycles. The summed E-state index contributed by atoms with van der Waals surface area (Å²) in [5.74, 6) is 1.40. The number of amides is 2. The minimum atomic E-state index is -0.0511. The third-order valence-corrected chi connectivity index (χ3v) is 4.76. The molecule has 6 heteroatoms. The molecule has 2 fully saturated rings. The van der Waals surface area contributed by atoms with E-state index >= 15 is 0 Å². The zero-order valence-electron chi connectivity index (χ0n) is 12.5. The standard InChI is InChI=1S/C16H20N2O4/c19-15(17-12-2-3-13-14(8-12)22-11-21-13)18-6-1-4-16(9-18)5-7-20-10-16/h2-3,8H,1,4-7,9-11H2,(H,17,19)/t16-/m1/s1. The zero-order valence-corrected chi connectivity index (χ0v) is 12.5. The minimum absolute atomic E-state index is 0.0511. The Hall–Kier alpha value is -1.95. The first-order valence-electron chi connectivity index (χ1n) is 7.78. The number of likely N-dealkylation sites (tertiary alicyclic amines) is 1. The molecule has 2 saturated heterocycles. The average molecular weight is 304 g/mol. The molecule has 22 heavy (non-hydrogen) atoms. The van der Waals surface area contributed by atoms with Gasteiger partial charge in [0.05, 0.1) is 6.61 Å². The number of nitrogens with one attached hydrogen (secondary N) is 1. The first kappa shape index (κ1) is 13.7. The number of carbonyl (C=O) groups excluding carboxylic acids is 1. The number of rotatable bonds is 1. The number of anilines is 1. The zero-order chi connectivity index (χ0) is 15.0. The van der Waals surface area contributed by atoms with Gasteiger partial charge in [0.2, 0.25) is 6.79 Å². The number of urea groups is 1. The number of fused-ring (bicyclic) bond motifs is 1. The van der Waals surface area contributed by atoms with E-state index < -0.39 is 0 Å². The number of benzene rings is 1. The van der Waals surface area contributed by atoms with Crippen LogP contribution >= 0.6 is 0 Å². The quantitative estimate of drug-likeness (QED) is 0.866. The summed E-state index contributed by atoms with van der Waals surface area (Å²) in [5.41, 5.74) is 0.904. The Morgan fingerprint density at radius 1 is 1.23 bits per heavy atom. The SMILES string of the molecule is O=C(Nc1ccc2c(c1)OCO2)N1CCC[C@@]2(CCOC2)C1. The van der Waals surface area contributed by atoms with Crippen molar-refractivity contribution < 1.29 is 19.0 Å². The minimum Gasteiger partial charge on any atom is -0.454 e. The van der Waals surface area contributed by atoms with Crippen molar-refractivity contribution in [3.8, 4) is 11.5 Å². The maximum absolute atomic E-state index is 12.5. The summed E-state index contributed by atoms with van der Waals surface area (Å²) in [7, 11) is 0. The van der Waals surface area contributed by atoms with E-state index in [2.05, 4.69) is 5.32 Å². The van der Waals surface area contributed by atoms with Gasteiger partial charge < -0.3 is 24.4 Å². The van der Waals surface area contributed by atoms with E-state index in [9.17, 15) is 4.79 Å². The van der Waals surface area contributed by atoms with Gasteiger partial charge in [0.25, 0.3) is 0 Å². The molecule has 0 saturated carbocycles. The van der Waals surface area contributed by atoms with E-state index in [4.69, 9.17) is 14.2 Å². The lowest BCUT2D eigenvalue weighted by atomic mass is 9.79. The highest BCUT2D eigenvalue weighted by atomic mass is 16.7. The Bertz CT molecular complexity index is 584. The van der Waals surface area contributed by atoms with Crippen molar-refractivity contribution in [3.05, 3.63) is 18.2 Å². The van der Waals surface area contributed by atoms with Gasteiger partial charge in [0.1, 0.15) is 0 Å². The molecule has 3 heterocycles. The van der Waals surface area contributed by atoms with Crippen LogP contribution in [0.3, 0.4) is 0 Å². The summed E-state index contributed by atoms with van der Waals surface area (Å²) in [4.78, 5) is 14.4. The maximum atomic E-state index is 12.5. The summed E-state index contributed by atoms with van der Waals surface area (Å²) < 4.78 is 16.2. The number of ether oxygens (including phenoxy) is 3. The molecule has 0 aromatic heterocycles. The highest BCUT2D eigenvalue weighted by molar-refractivity contribution is 5.89. The second-order valence-electron chi connectivity index (χ2n) is 6.33. The van der Waals surface area contributed by atoms with Crippen LogP contribution in [0.1, 0.15) is 19.3 Å². The van der Waals surface area contributed by atoms with Crippen LogP contribution < -0.4 is 14.8 Å². The number of hydrogen-bond donors (Lipinski definition) is 1. The Morgan fingerprint density at radius 3 is 3.00 bits per heavy atom. The van der Waals surface area contributed by atoms with Gasteiger partial charge in [-0.25, -0.2) is 4.79 Å². The number of piperidine rings is 1. The molecule has 0 aliphatic carbocycles. The van der Waals surface area contributed by atoms with Crippen molar-refractivity contribution in [1.82, 2.24) is 4.90 Å². The van der Waals surface area contributed by atoms with E-state index in [1.165, 1.54) is 0 Å². The highest BCUT2D eigenvalue weighted by Gasteiger charge is 2.40. The summed E-state index contributed by atoms with van der Waals surface area (Å²) in [6, 6.07) is 5.41. The summed E-state index contributed by atoms with van der Waals surface area (Å²) >= 11 is 0. The summed E-state index contributed by atoms with van der Waals surface area (Å²) in [6.45, 7) is 3.42. The molecular weight excluding hydrogens is 284 g/mol. The molecule has 118 valence electrons. The fourth-order valence-corrected chi connectivity index (χ4v) is 3.53. The highest BCUT2D eigenvalue weighted by Crippen LogP contribution is 2.38. The maximum Gasteiger partial charge on any atom is 0.321 e. The molecular formula is C16H20N2O4. The molecule has 0 radical (unpaired) electrons. The van der Waals surface area contributed by atoms with E-state index in [0.717, 1.165) is 57.0 Å². The smallest absolute Gasteiger partial charge is 0.321 e. The van der Waals surface area contributed by atoms with Crippen LogP contribution in [0.4, 0.5) is 10.5 Å². The monoisotopic (exact) mass is 304 g/mol. The second-order valence-corrected chi connectivity index (χ2v) is 6.33. The molecule has 0 unspecified atom stereocenters. The number of nitrogens with zero attached hydrogens (tertiary/aromatic N) is 1. The Balaban J connectivity index is 1.43. The molecule has 1 N–H and O–H groups in total. The first-order chi connectivity index (χ1) is 10.7. The van der Waals surface area contributed by atoms with Gasteiger partial charge in [0, 0.05) is 36.9 Å². The van der Waals surface area contributed by atoms with Crippen molar-refractivity contribution >= 4 is 11.7 Å². The van der Waals surface area contributed by atoms with Gasteiger partial charge in [-0.2, -0.15) is 0 Å². The first-order valence-corrected chi connectivity index (χ1v) is 7.78. The molecule has 2 amide bonds. The lowest BCUT2D eigenvalue weighted by Gasteiger charge is -2.39. The van der Waals surface area contributed by atoms with E-state index in [1.807, 2.05) is 17.0 Å². The van der Waals surface area contributed by atoms with Crippen molar-refractivity contribution in [1.29, 1.82) is 0 Å². The van der Waals surface area contributed by atoms with Gasteiger partial charge in [-0.3, -0.25) is 0 Å². The Kier molecular flexibility index (Phi) is 3.33. The van der Waals surface area contributed by atoms with E-state index in [0.29, 0.717) is 5.75 Å². The molecule has 6 nitrogen and oxygen atoms in total. The molecule has 1 atom stereocenters. The average Bonchev–Trinajstić information content (AvgIpc) is 3.16. The van der Waals surface area contributed by atoms with Gasteiger partial charge >= 0.3 is 6.03 Å². The van der Waals surface area contributed by atoms with Crippen LogP contribution in [0.2, 0.25) is 0 Å². The fraction of sp³-hybridized carbons (Fsp3) is 0.562. The van der Waals surface area contributed by atoms with Crippen molar-refractivity contribution in [2.75, 3.05) is 38.4 Å². The topological polar surface area (TPSA) is 60.0 Å². The molecule has 1 aromatic rings. The van der Waals surface area contributed by atoms with Crippen LogP contribution in [-0.2, 0) is 4.74 Å². The van der Waals surface area contributed by atoms with Crippen LogP contribution in [0.25, 0.3) is 0 Å². The largest absolute Gasteiger partial charge is 0.454 e. The third kappa shape index (κ3) is 2.47. The van der Waals surface area contributed by atoms with E-state index in [-0.39, 0.29) is 18.2 Å². The Labute approximate surface area is 129 Å². The van der Waals surface area contributed by atoms with Crippen molar-refractivity contribution in [2.45, 2.75) is 19.3 Å². The number of hydrogen-bond acceptors (Lipinski definition) is 4. The third-order valence-electron chi connectivity index (χ3n) is 4.76. The predicted octanol–water partition coefficient (Wildman–Crippen LogP) is 2.45. The van der Waals surface area contributed by atoms with Crippen molar-refractivity contribution in [3.63, 3.8) is 0 Å². The molecule has 4 rings (SSSR count). The predicted molar refractivity (Wildman–Crippen MR) is 80.3 cm³/mol. The van der Waals surface area contributed by atoms with Crippen LogP contribution in [0.5, 0.6) is 11.5 Å². The molecule has 1 spiro atoms. The van der Waals surface area contributed by atoms with Gasteiger partial charge in [-0.1, -0.05) is 0 Å². The molecule has 3 aliphatic rings. The van der Waals surface area contributed by atoms with Gasteiger partial charge in [-0.15, -0.1) is 0 Å². The molecule has 0 bridgehead atoms. The lowest BCUT2D eigenvalue weighted by molar-refractivity contribution is 0.0867.